The van der Waals surface area contributed by atoms with Gasteiger partial charge in [-0.3, -0.25) is 4.68 Å². The van der Waals surface area contributed by atoms with Crippen molar-refractivity contribution in [2.45, 2.75) is 33.4 Å². The van der Waals surface area contributed by atoms with Crippen molar-refractivity contribution in [3.63, 3.8) is 0 Å². The van der Waals surface area contributed by atoms with Gasteiger partial charge in [0.05, 0.1) is 24.5 Å². The Kier molecular flexibility index (Phi) is 3.24. The molecular weight excluding hydrogens is 206 g/mol. The van der Waals surface area contributed by atoms with Crippen LogP contribution in [0.5, 0.6) is 0 Å². The molecule has 0 saturated carbocycles. The van der Waals surface area contributed by atoms with Gasteiger partial charge in [0.25, 0.3) is 0 Å². The normalized spacial score (nSPS) is 14.6. The minimum Gasteiger partial charge on any atom is -0.462 e. The van der Waals surface area contributed by atoms with Gasteiger partial charge in [0, 0.05) is 13.1 Å². The molecule has 0 aliphatic carbocycles. The molecule has 5 nitrogen and oxygen atoms in total. The van der Waals surface area contributed by atoms with E-state index in [9.17, 15) is 4.79 Å². The fraction of sp³-hybridized carbons (Fsp3) is 0.636. The van der Waals surface area contributed by atoms with Gasteiger partial charge in [0.2, 0.25) is 0 Å². The largest absolute Gasteiger partial charge is 0.462 e. The quantitative estimate of drug-likeness (QED) is 0.767. The molecule has 1 aromatic heterocycles. The second-order valence-electron chi connectivity index (χ2n) is 3.74. The molecule has 0 fully saturated rings. The van der Waals surface area contributed by atoms with Crippen LogP contribution < -0.4 is 5.32 Å². The highest BCUT2D eigenvalue weighted by atomic mass is 16.5. The maximum Gasteiger partial charge on any atom is 0.341 e. The molecule has 0 radical (unpaired) electrons. The Bertz CT molecular complexity index is 398. The van der Waals surface area contributed by atoms with Gasteiger partial charge >= 0.3 is 5.97 Å². The monoisotopic (exact) mass is 223 g/mol. The van der Waals surface area contributed by atoms with Crippen molar-refractivity contribution in [1.82, 2.24) is 15.1 Å². The third-order valence-corrected chi connectivity index (χ3v) is 2.74. The van der Waals surface area contributed by atoms with Crippen molar-refractivity contribution in [2.24, 2.45) is 0 Å². The summed E-state index contributed by atoms with van der Waals surface area (Å²) in [5.74, 6) is -0.246. The molecule has 0 bridgehead atoms. The molecule has 0 atom stereocenters. The number of nitrogens with zero attached hydrogens (tertiary/aromatic N) is 2. The number of carbonyl (C=O) groups excluding carboxylic acids is 1. The summed E-state index contributed by atoms with van der Waals surface area (Å²) >= 11 is 0. The molecule has 16 heavy (non-hydrogen) atoms. The number of nitrogens with one attached hydrogen (secondary N) is 1. The van der Waals surface area contributed by atoms with Crippen LogP contribution in [0.1, 0.15) is 35.6 Å². The number of rotatable bonds is 3. The summed E-state index contributed by atoms with van der Waals surface area (Å²) in [7, 11) is 0. The number of carbonyl (C=O) groups is 1. The van der Waals surface area contributed by atoms with Crippen molar-refractivity contribution < 1.29 is 9.53 Å². The first-order valence-corrected chi connectivity index (χ1v) is 5.74. The summed E-state index contributed by atoms with van der Waals surface area (Å²) in [6, 6.07) is 0. The molecule has 0 unspecified atom stereocenters. The van der Waals surface area contributed by atoms with E-state index in [0.717, 1.165) is 30.9 Å². The third-order valence-electron chi connectivity index (χ3n) is 2.74. The second-order valence-corrected chi connectivity index (χ2v) is 3.74. The van der Waals surface area contributed by atoms with Gasteiger partial charge in [0.1, 0.15) is 5.56 Å². The highest BCUT2D eigenvalue weighted by molar-refractivity contribution is 5.92. The predicted octanol–water partition coefficient (Wildman–Crippen LogP) is 0.725. The van der Waals surface area contributed by atoms with E-state index in [1.54, 1.807) is 0 Å². The van der Waals surface area contributed by atoms with Gasteiger partial charge in [-0.05, 0) is 13.3 Å². The van der Waals surface area contributed by atoms with Crippen LogP contribution in [0.25, 0.3) is 0 Å². The molecular formula is C11H17N3O2. The zero-order valence-corrected chi connectivity index (χ0v) is 9.75. The van der Waals surface area contributed by atoms with E-state index in [2.05, 4.69) is 10.4 Å². The maximum atomic E-state index is 11.9. The SMILES string of the molecule is CCOC(=O)c1c(CC)nn2c1CNCC2. The maximum absolute atomic E-state index is 11.9. The molecule has 2 heterocycles. The van der Waals surface area contributed by atoms with Crippen molar-refractivity contribution >= 4 is 5.97 Å². The van der Waals surface area contributed by atoms with Crippen LogP contribution in [0.4, 0.5) is 0 Å². The molecule has 1 aliphatic rings. The summed E-state index contributed by atoms with van der Waals surface area (Å²) in [5.41, 5.74) is 2.47. The van der Waals surface area contributed by atoms with Gasteiger partial charge in [-0.25, -0.2) is 4.79 Å². The zero-order valence-electron chi connectivity index (χ0n) is 9.75. The van der Waals surface area contributed by atoms with Gasteiger partial charge < -0.3 is 10.1 Å². The molecule has 0 saturated heterocycles. The summed E-state index contributed by atoms with van der Waals surface area (Å²) in [6.07, 6.45) is 0.758. The number of fused-ring (bicyclic) bond motifs is 1. The Morgan fingerprint density at radius 1 is 1.56 bits per heavy atom. The highest BCUT2D eigenvalue weighted by Crippen LogP contribution is 2.18. The van der Waals surface area contributed by atoms with Gasteiger partial charge in [-0.1, -0.05) is 6.92 Å². The lowest BCUT2D eigenvalue weighted by atomic mass is 10.1. The van der Waals surface area contributed by atoms with E-state index in [0.29, 0.717) is 18.7 Å². The Hall–Kier alpha value is -1.36. The van der Waals surface area contributed by atoms with Crippen LogP contribution in [0.2, 0.25) is 0 Å². The first-order chi connectivity index (χ1) is 7.77. The molecule has 5 heteroatoms. The smallest absolute Gasteiger partial charge is 0.341 e. The Balaban J connectivity index is 2.40. The topological polar surface area (TPSA) is 56.1 Å². The number of ether oxygens (including phenoxy) is 1. The average Bonchev–Trinajstić information content (AvgIpc) is 2.67. The number of hydrogen-bond acceptors (Lipinski definition) is 4. The summed E-state index contributed by atoms with van der Waals surface area (Å²) < 4.78 is 6.99. The average molecular weight is 223 g/mol. The fourth-order valence-corrected chi connectivity index (χ4v) is 1.99. The van der Waals surface area contributed by atoms with E-state index >= 15 is 0 Å². The lowest BCUT2D eigenvalue weighted by Crippen LogP contribution is -2.29. The lowest BCUT2D eigenvalue weighted by Gasteiger charge is -2.15. The van der Waals surface area contributed by atoms with E-state index in [4.69, 9.17) is 4.74 Å². The molecule has 1 aromatic rings. The van der Waals surface area contributed by atoms with E-state index in [1.165, 1.54) is 0 Å². The van der Waals surface area contributed by atoms with Crippen molar-refractivity contribution in [3.8, 4) is 0 Å². The minimum absolute atomic E-state index is 0.246. The highest BCUT2D eigenvalue weighted by Gasteiger charge is 2.24. The molecule has 0 spiro atoms. The number of esters is 1. The van der Waals surface area contributed by atoms with E-state index < -0.39 is 0 Å². The van der Waals surface area contributed by atoms with Crippen LogP contribution >= 0.6 is 0 Å². The van der Waals surface area contributed by atoms with Crippen LogP contribution in [0.15, 0.2) is 0 Å². The Morgan fingerprint density at radius 2 is 2.38 bits per heavy atom. The first-order valence-electron chi connectivity index (χ1n) is 5.74. The van der Waals surface area contributed by atoms with Crippen LogP contribution in [-0.2, 0) is 24.2 Å². The number of aromatic nitrogens is 2. The van der Waals surface area contributed by atoms with Gasteiger partial charge in [-0.15, -0.1) is 0 Å². The predicted molar refractivity (Wildman–Crippen MR) is 59.3 cm³/mol. The van der Waals surface area contributed by atoms with Crippen LogP contribution in [0, 0.1) is 0 Å². The van der Waals surface area contributed by atoms with E-state index in [-0.39, 0.29) is 5.97 Å². The zero-order chi connectivity index (χ0) is 11.5. The van der Waals surface area contributed by atoms with Gasteiger partial charge in [-0.2, -0.15) is 5.10 Å². The summed E-state index contributed by atoms with van der Waals surface area (Å²) in [6.45, 7) is 6.64. The standard InChI is InChI=1S/C11H17N3O2/c1-3-8-10(11(15)16-4-2)9-7-12-5-6-14(9)13-8/h12H,3-7H2,1-2H3. The molecule has 2 rings (SSSR count). The Labute approximate surface area is 94.8 Å². The molecule has 88 valence electrons. The molecule has 0 amide bonds. The van der Waals surface area contributed by atoms with Crippen molar-refractivity contribution in [1.29, 1.82) is 0 Å². The Morgan fingerprint density at radius 3 is 3.06 bits per heavy atom. The summed E-state index contributed by atoms with van der Waals surface area (Å²) in [5, 5.41) is 7.70. The number of aryl methyl sites for hydroxylation is 1. The number of hydrogen-bond donors (Lipinski definition) is 1. The third kappa shape index (κ3) is 1.82. The van der Waals surface area contributed by atoms with Crippen LogP contribution in [0.3, 0.4) is 0 Å². The fourth-order valence-electron chi connectivity index (χ4n) is 1.99. The molecule has 1 aliphatic heterocycles. The molecule has 0 aromatic carbocycles. The summed E-state index contributed by atoms with van der Waals surface area (Å²) in [4.78, 5) is 11.9. The van der Waals surface area contributed by atoms with Gasteiger partial charge in [0.15, 0.2) is 0 Å². The van der Waals surface area contributed by atoms with Crippen molar-refractivity contribution in [2.75, 3.05) is 13.2 Å². The van der Waals surface area contributed by atoms with Crippen molar-refractivity contribution in [3.05, 3.63) is 17.0 Å². The first kappa shape index (κ1) is 11.1. The van der Waals surface area contributed by atoms with Crippen LogP contribution in [-0.4, -0.2) is 28.9 Å². The lowest BCUT2D eigenvalue weighted by molar-refractivity contribution is 0.0523. The van der Waals surface area contributed by atoms with E-state index in [1.807, 2.05) is 18.5 Å². The molecule has 1 N–H and O–H groups in total. The second kappa shape index (κ2) is 4.65. The minimum atomic E-state index is -0.246.